The first kappa shape index (κ1) is 23.3. The molecule has 1 saturated carbocycles. The number of likely N-dealkylation sites (tertiary alicyclic amines) is 1. The van der Waals surface area contributed by atoms with Crippen molar-refractivity contribution in [2.24, 2.45) is 10.8 Å². The van der Waals surface area contributed by atoms with Gasteiger partial charge in [0.25, 0.3) is 0 Å². The van der Waals surface area contributed by atoms with Crippen LogP contribution < -0.4 is 5.43 Å². The molecule has 0 spiro atoms. The van der Waals surface area contributed by atoms with Crippen LogP contribution >= 0.6 is 0 Å². The van der Waals surface area contributed by atoms with Crippen LogP contribution in [0.1, 0.15) is 63.8 Å². The molecule has 1 saturated heterocycles. The molecule has 2 N–H and O–H groups in total. The zero-order valence-electron chi connectivity index (χ0n) is 21.9. The maximum atomic E-state index is 13.9. The average molecular weight is 486 g/mol. The van der Waals surface area contributed by atoms with E-state index in [4.69, 9.17) is 4.42 Å². The van der Waals surface area contributed by atoms with Crippen molar-refractivity contribution in [1.82, 2.24) is 14.9 Å². The van der Waals surface area contributed by atoms with Crippen molar-refractivity contribution < 1.29 is 9.52 Å². The molecule has 1 aliphatic carbocycles. The van der Waals surface area contributed by atoms with E-state index in [-0.39, 0.29) is 16.6 Å². The molecule has 2 unspecified atom stereocenters. The van der Waals surface area contributed by atoms with Crippen LogP contribution in [0, 0.1) is 17.8 Å². The van der Waals surface area contributed by atoms with Gasteiger partial charge in [0.15, 0.2) is 0 Å². The standard InChI is InChI=1S/C30H35N3O3/c1-6-18-11-20-26(35)24(28-31-22-9-7-8-10-23(22)32-28)17(2)36-27(20)21(25(18)34)14-33-16-30(5)13-19(33)12-29(3,4)15-30/h7-11,19,34H,6,12-16H2,1-5H3,(H,31,32). The highest BCUT2D eigenvalue weighted by Crippen LogP contribution is 2.53. The third kappa shape index (κ3) is 3.65. The molecular formula is C30H35N3O3. The molecule has 6 nitrogen and oxygen atoms in total. The molecule has 0 radical (unpaired) electrons. The second-order valence-corrected chi connectivity index (χ2v) is 12.2. The van der Waals surface area contributed by atoms with E-state index in [1.807, 2.05) is 38.1 Å². The number of rotatable bonds is 4. The Kier molecular flexibility index (Phi) is 5.14. The van der Waals surface area contributed by atoms with Crippen LogP contribution in [0.25, 0.3) is 33.4 Å². The van der Waals surface area contributed by atoms with Gasteiger partial charge < -0.3 is 14.5 Å². The van der Waals surface area contributed by atoms with Crippen molar-refractivity contribution in [3.63, 3.8) is 0 Å². The number of phenols is 1. The van der Waals surface area contributed by atoms with Crippen molar-refractivity contribution in [3.05, 3.63) is 57.4 Å². The fraction of sp³-hybridized carbons (Fsp3) is 0.467. The van der Waals surface area contributed by atoms with Crippen LogP contribution in [0.2, 0.25) is 0 Å². The first-order valence-electron chi connectivity index (χ1n) is 13.1. The number of hydrogen-bond donors (Lipinski definition) is 2. The van der Waals surface area contributed by atoms with Gasteiger partial charge in [-0.05, 0) is 67.2 Å². The van der Waals surface area contributed by atoms with Gasteiger partial charge in [0.1, 0.15) is 28.5 Å². The molecule has 2 aliphatic rings. The Hall–Kier alpha value is -3.12. The van der Waals surface area contributed by atoms with Gasteiger partial charge in [-0.2, -0.15) is 0 Å². The van der Waals surface area contributed by atoms with Crippen LogP contribution in [0.15, 0.2) is 39.5 Å². The Labute approximate surface area is 211 Å². The van der Waals surface area contributed by atoms with E-state index >= 15 is 0 Å². The summed E-state index contributed by atoms with van der Waals surface area (Å²) >= 11 is 0. The predicted molar refractivity (Wildman–Crippen MR) is 143 cm³/mol. The minimum Gasteiger partial charge on any atom is -0.507 e. The van der Waals surface area contributed by atoms with Crippen molar-refractivity contribution >= 4 is 22.0 Å². The number of hydrogen-bond acceptors (Lipinski definition) is 5. The van der Waals surface area contributed by atoms with E-state index < -0.39 is 0 Å². The third-order valence-electron chi connectivity index (χ3n) is 8.40. The van der Waals surface area contributed by atoms with E-state index in [1.54, 1.807) is 6.07 Å². The number of benzene rings is 2. The molecule has 2 aromatic carbocycles. The molecule has 4 aromatic rings. The van der Waals surface area contributed by atoms with E-state index in [1.165, 1.54) is 12.8 Å². The number of aromatic amines is 1. The Morgan fingerprint density at radius 2 is 2.00 bits per heavy atom. The molecule has 2 bridgehead atoms. The molecule has 0 amide bonds. The maximum Gasteiger partial charge on any atom is 0.203 e. The summed E-state index contributed by atoms with van der Waals surface area (Å²) in [5, 5.41) is 11.8. The molecule has 1 aliphatic heterocycles. The highest BCUT2D eigenvalue weighted by molar-refractivity contribution is 5.88. The van der Waals surface area contributed by atoms with Crippen LogP contribution in [0.5, 0.6) is 5.75 Å². The molecule has 2 fully saturated rings. The Morgan fingerprint density at radius 1 is 1.22 bits per heavy atom. The van der Waals surface area contributed by atoms with Gasteiger partial charge in [-0.15, -0.1) is 0 Å². The minimum atomic E-state index is -0.114. The first-order chi connectivity index (χ1) is 17.1. The second kappa shape index (κ2) is 7.94. The number of phenolic OH excluding ortho intramolecular Hbond substituents is 1. The largest absolute Gasteiger partial charge is 0.507 e. The quantitative estimate of drug-likeness (QED) is 0.354. The number of H-pyrrole nitrogens is 1. The Bertz CT molecular complexity index is 1530. The van der Waals surface area contributed by atoms with Crippen molar-refractivity contribution in [1.29, 1.82) is 0 Å². The highest BCUT2D eigenvalue weighted by atomic mass is 16.3. The number of aromatic hydroxyl groups is 1. The first-order valence-corrected chi connectivity index (χ1v) is 13.1. The fourth-order valence-corrected chi connectivity index (χ4v) is 7.28. The van der Waals surface area contributed by atoms with Crippen molar-refractivity contribution in [2.45, 2.75) is 72.9 Å². The number of nitrogens with zero attached hydrogens (tertiary/aromatic N) is 2. The number of nitrogens with one attached hydrogen (secondary N) is 1. The molecule has 2 aromatic heterocycles. The third-order valence-corrected chi connectivity index (χ3v) is 8.40. The number of aromatic nitrogens is 2. The maximum absolute atomic E-state index is 13.9. The summed E-state index contributed by atoms with van der Waals surface area (Å²) in [5.41, 5.74) is 4.62. The summed E-state index contributed by atoms with van der Waals surface area (Å²) in [4.78, 5) is 24.3. The number of para-hydroxylation sites is 2. The minimum absolute atomic E-state index is 0.114. The van der Waals surface area contributed by atoms with E-state index in [0.29, 0.717) is 52.5 Å². The normalized spacial score (nSPS) is 23.6. The SMILES string of the molecule is CCc1cc2c(=O)c(-c3nc4ccccc4[nH]3)c(C)oc2c(CN2CC3(C)CC2CC(C)(C)C3)c1O. The van der Waals surface area contributed by atoms with Gasteiger partial charge in [0, 0.05) is 19.1 Å². The fourth-order valence-electron chi connectivity index (χ4n) is 7.28. The molecule has 3 heterocycles. The van der Waals surface area contributed by atoms with Gasteiger partial charge >= 0.3 is 0 Å². The Morgan fingerprint density at radius 3 is 2.75 bits per heavy atom. The molecule has 6 rings (SSSR count). The lowest BCUT2D eigenvalue weighted by molar-refractivity contribution is 0.126. The molecule has 36 heavy (non-hydrogen) atoms. The average Bonchev–Trinajstić information content (AvgIpc) is 3.32. The van der Waals surface area contributed by atoms with Crippen LogP contribution in [-0.2, 0) is 13.0 Å². The summed E-state index contributed by atoms with van der Waals surface area (Å²) in [7, 11) is 0. The van der Waals surface area contributed by atoms with Gasteiger partial charge in [-0.25, -0.2) is 4.98 Å². The lowest BCUT2D eigenvalue weighted by Crippen LogP contribution is -2.34. The lowest BCUT2D eigenvalue weighted by atomic mass is 9.65. The van der Waals surface area contributed by atoms with E-state index in [2.05, 4.69) is 35.6 Å². The zero-order valence-corrected chi connectivity index (χ0v) is 21.9. The smallest absolute Gasteiger partial charge is 0.203 e. The van der Waals surface area contributed by atoms with Gasteiger partial charge in [-0.1, -0.05) is 39.8 Å². The second-order valence-electron chi connectivity index (χ2n) is 12.2. The zero-order chi connectivity index (χ0) is 25.4. The predicted octanol–water partition coefficient (Wildman–Crippen LogP) is 6.31. The van der Waals surface area contributed by atoms with Crippen molar-refractivity contribution in [2.75, 3.05) is 6.54 Å². The summed E-state index contributed by atoms with van der Waals surface area (Å²) < 4.78 is 6.38. The number of aryl methyl sites for hydroxylation is 2. The Balaban J connectivity index is 1.49. The lowest BCUT2D eigenvalue weighted by Gasteiger charge is -2.40. The monoisotopic (exact) mass is 485 g/mol. The van der Waals surface area contributed by atoms with E-state index in [0.717, 1.165) is 35.1 Å². The van der Waals surface area contributed by atoms with Crippen LogP contribution in [0.3, 0.4) is 0 Å². The molecular weight excluding hydrogens is 450 g/mol. The highest BCUT2D eigenvalue weighted by Gasteiger charge is 2.49. The molecule has 2 atom stereocenters. The summed E-state index contributed by atoms with van der Waals surface area (Å²) in [6.07, 6.45) is 4.18. The van der Waals surface area contributed by atoms with E-state index in [9.17, 15) is 9.90 Å². The van der Waals surface area contributed by atoms with Crippen LogP contribution in [-0.4, -0.2) is 32.6 Å². The van der Waals surface area contributed by atoms with Crippen LogP contribution in [0.4, 0.5) is 0 Å². The van der Waals surface area contributed by atoms with Gasteiger partial charge in [0.05, 0.1) is 22.0 Å². The summed E-state index contributed by atoms with van der Waals surface area (Å²) in [6.45, 7) is 12.5. The molecule has 188 valence electrons. The summed E-state index contributed by atoms with van der Waals surface area (Å²) in [6, 6.07) is 10.0. The van der Waals surface area contributed by atoms with Gasteiger partial charge in [-0.3, -0.25) is 9.69 Å². The molecule has 6 heteroatoms. The van der Waals surface area contributed by atoms with Crippen molar-refractivity contribution in [3.8, 4) is 17.1 Å². The number of fused-ring (bicyclic) bond motifs is 4. The topological polar surface area (TPSA) is 82.4 Å². The van der Waals surface area contributed by atoms with Gasteiger partial charge in [0.2, 0.25) is 5.43 Å². The number of imidazole rings is 1. The summed E-state index contributed by atoms with van der Waals surface area (Å²) in [5.74, 6) is 1.28.